The molecule has 0 spiro atoms. The Balaban J connectivity index is 2.12. The number of carbonyl (C=O) groups is 1. The van der Waals surface area contributed by atoms with Crippen LogP contribution in [0.5, 0.6) is 5.75 Å². The Kier molecular flexibility index (Phi) is 5.88. The van der Waals surface area contributed by atoms with E-state index in [2.05, 4.69) is 5.32 Å². The highest BCUT2D eigenvalue weighted by Gasteiger charge is 2.29. The molecule has 1 aromatic carbocycles. The van der Waals surface area contributed by atoms with Gasteiger partial charge in [-0.25, -0.2) is 4.79 Å². The van der Waals surface area contributed by atoms with Crippen LogP contribution in [0.4, 0.5) is 4.79 Å². The summed E-state index contributed by atoms with van der Waals surface area (Å²) in [6.07, 6.45) is 1.83. The van der Waals surface area contributed by atoms with Crippen LogP contribution in [-0.2, 0) is 11.3 Å². The van der Waals surface area contributed by atoms with Crippen LogP contribution >= 0.6 is 0 Å². The van der Waals surface area contributed by atoms with Gasteiger partial charge in [0.25, 0.3) is 0 Å². The lowest BCUT2D eigenvalue weighted by atomic mass is 10.1. The standard InChI is InChI=1S/C18H28N2O3/c1-18(2,3)23-17(21)20(15-6-5-11-19-12-15)13-14-7-9-16(22-4)10-8-14/h7-10,15,19H,5-6,11-13H2,1-4H3. The molecule has 1 heterocycles. The number of piperidine rings is 1. The lowest BCUT2D eigenvalue weighted by Gasteiger charge is -2.36. The van der Waals surface area contributed by atoms with Crippen molar-refractivity contribution in [3.05, 3.63) is 29.8 Å². The summed E-state index contributed by atoms with van der Waals surface area (Å²) in [5, 5.41) is 3.37. The molecule has 0 bridgehead atoms. The SMILES string of the molecule is COc1ccc(CN(C(=O)OC(C)(C)C)C2CCCNC2)cc1. The summed E-state index contributed by atoms with van der Waals surface area (Å²) in [6.45, 7) is 8.07. The molecule has 23 heavy (non-hydrogen) atoms. The van der Waals surface area contributed by atoms with Crippen LogP contribution in [0.1, 0.15) is 39.2 Å². The van der Waals surface area contributed by atoms with Crippen molar-refractivity contribution in [1.82, 2.24) is 10.2 Å². The summed E-state index contributed by atoms with van der Waals surface area (Å²) in [5.74, 6) is 0.817. The minimum absolute atomic E-state index is 0.167. The number of nitrogens with one attached hydrogen (secondary N) is 1. The van der Waals surface area contributed by atoms with E-state index in [1.165, 1.54) is 0 Å². The first-order chi connectivity index (χ1) is 10.9. The Morgan fingerprint density at radius 2 is 2.00 bits per heavy atom. The molecule has 1 amide bonds. The Labute approximate surface area is 139 Å². The van der Waals surface area contributed by atoms with Gasteiger partial charge in [-0.15, -0.1) is 0 Å². The molecular formula is C18H28N2O3. The second-order valence-electron chi connectivity index (χ2n) is 6.96. The van der Waals surface area contributed by atoms with Crippen molar-refractivity contribution in [3.63, 3.8) is 0 Å². The number of rotatable bonds is 4. The van der Waals surface area contributed by atoms with Crippen molar-refractivity contribution in [2.45, 2.75) is 51.8 Å². The molecular weight excluding hydrogens is 292 g/mol. The normalized spacial score (nSPS) is 18.3. The van der Waals surface area contributed by atoms with Crippen molar-refractivity contribution >= 4 is 6.09 Å². The molecule has 0 radical (unpaired) electrons. The van der Waals surface area contributed by atoms with Crippen molar-refractivity contribution in [2.75, 3.05) is 20.2 Å². The molecule has 1 aliphatic rings. The molecule has 5 heteroatoms. The molecule has 5 nitrogen and oxygen atoms in total. The molecule has 1 aliphatic heterocycles. The fourth-order valence-corrected chi connectivity index (χ4v) is 2.69. The molecule has 0 aromatic heterocycles. The number of carbonyl (C=O) groups excluding carboxylic acids is 1. The van der Waals surface area contributed by atoms with Crippen molar-refractivity contribution in [3.8, 4) is 5.75 Å². The predicted molar refractivity (Wildman–Crippen MR) is 90.7 cm³/mol. The Hall–Kier alpha value is -1.75. The second-order valence-corrected chi connectivity index (χ2v) is 6.96. The maximum Gasteiger partial charge on any atom is 0.410 e. The van der Waals surface area contributed by atoms with Gasteiger partial charge in [-0.2, -0.15) is 0 Å². The lowest BCUT2D eigenvalue weighted by molar-refractivity contribution is 0.0114. The topological polar surface area (TPSA) is 50.8 Å². The average molecular weight is 320 g/mol. The van der Waals surface area contributed by atoms with Gasteiger partial charge in [0.15, 0.2) is 0 Å². The summed E-state index contributed by atoms with van der Waals surface area (Å²) in [6, 6.07) is 7.99. The van der Waals surface area contributed by atoms with E-state index < -0.39 is 5.60 Å². The smallest absolute Gasteiger partial charge is 0.410 e. The summed E-state index contributed by atoms with van der Waals surface area (Å²) < 4.78 is 10.8. The van der Waals surface area contributed by atoms with E-state index in [0.717, 1.165) is 37.2 Å². The van der Waals surface area contributed by atoms with Gasteiger partial charge < -0.3 is 14.8 Å². The number of hydrogen-bond acceptors (Lipinski definition) is 4. The Morgan fingerprint density at radius 3 is 2.52 bits per heavy atom. The third-order valence-corrected chi connectivity index (χ3v) is 3.85. The fourth-order valence-electron chi connectivity index (χ4n) is 2.69. The number of ether oxygens (including phenoxy) is 2. The van der Waals surface area contributed by atoms with Gasteiger partial charge in [0.2, 0.25) is 0 Å². The summed E-state index contributed by atoms with van der Waals surface area (Å²) in [7, 11) is 1.65. The molecule has 1 atom stereocenters. The molecule has 1 fully saturated rings. The third-order valence-electron chi connectivity index (χ3n) is 3.85. The zero-order valence-corrected chi connectivity index (χ0v) is 14.6. The lowest BCUT2D eigenvalue weighted by Crippen LogP contribution is -2.49. The maximum absolute atomic E-state index is 12.6. The number of benzene rings is 1. The van der Waals surface area contributed by atoms with Crippen molar-refractivity contribution < 1.29 is 14.3 Å². The van der Waals surface area contributed by atoms with Gasteiger partial charge in [-0.05, 0) is 57.9 Å². The highest BCUT2D eigenvalue weighted by molar-refractivity contribution is 5.68. The first-order valence-electron chi connectivity index (χ1n) is 8.22. The molecule has 1 aromatic rings. The second kappa shape index (κ2) is 7.68. The van der Waals surface area contributed by atoms with Gasteiger partial charge >= 0.3 is 6.09 Å². The molecule has 128 valence electrons. The minimum atomic E-state index is -0.489. The largest absolute Gasteiger partial charge is 0.497 e. The van der Waals surface area contributed by atoms with Crippen LogP contribution in [0.25, 0.3) is 0 Å². The molecule has 1 saturated heterocycles. The maximum atomic E-state index is 12.6. The first kappa shape index (κ1) is 17.6. The minimum Gasteiger partial charge on any atom is -0.497 e. The molecule has 0 aliphatic carbocycles. The molecule has 2 rings (SSSR count). The zero-order valence-electron chi connectivity index (χ0n) is 14.6. The summed E-state index contributed by atoms with van der Waals surface area (Å²) >= 11 is 0. The van der Waals surface area contributed by atoms with Gasteiger partial charge in [-0.3, -0.25) is 4.90 Å². The molecule has 1 N–H and O–H groups in total. The van der Waals surface area contributed by atoms with E-state index in [9.17, 15) is 4.79 Å². The average Bonchev–Trinajstić information content (AvgIpc) is 2.52. The van der Waals surface area contributed by atoms with E-state index in [1.807, 2.05) is 49.9 Å². The monoisotopic (exact) mass is 320 g/mol. The fraction of sp³-hybridized carbons (Fsp3) is 0.611. The van der Waals surface area contributed by atoms with E-state index in [-0.39, 0.29) is 12.1 Å². The van der Waals surface area contributed by atoms with Gasteiger partial charge in [0.05, 0.1) is 7.11 Å². The van der Waals surface area contributed by atoms with Crippen molar-refractivity contribution in [2.24, 2.45) is 0 Å². The van der Waals surface area contributed by atoms with Crippen LogP contribution in [0.3, 0.4) is 0 Å². The van der Waals surface area contributed by atoms with Crippen LogP contribution in [0.15, 0.2) is 24.3 Å². The van der Waals surface area contributed by atoms with E-state index in [1.54, 1.807) is 7.11 Å². The predicted octanol–water partition coefficient (Wildman–Crippen LogP) is 3.18. The Bertz CT molecular complexity index is 502. The number of amides is 1. The highest BCUT2D eigenvalue weighted by Crippen LogP contribution is 2.20. The third kappa shape index (κ3) is 5.43. The number of hydrogen-bond donors (Lipinski definition) is 1. The van der Waals surface area contributed by atoms with Gasteiger partial charge in [-0.1, -0.05) is 12.1 Å². The first-order valence-corrected chi connectivity index (χ1v) is 8.22. The Morgan fingerprint density at radius 1 is 1.30 bits per heavy atom. The highest BCUT2D eigenvalue weighted by atomic mass is 16.6. The number of nitrogens with zero attached hydrogens (tertiary/aromatic N) is 1. The number of methoxy groups -OCH3 is 1. The van der Waals surface area contributed by atoms with Crippen LogP contribution < -0.4 is 10.1 Å². The molecule has 0 saturated carbocycles. The summed E-state index contributed by atoms with van der Waals surface area (Å²) in [5.41, 5.74) is 0.583. The van der Waals surface area contributed by atoms with Gasteiger partial charge in [0, 0.05) is 19.1 Å². The van der Waals surface area contributed by atoms with Crippen LogP contribution in [-0.4, -0.2) is 42.8 Å². The zero-order chi connectivity index (χ0) is 16.9. The van der Waals surface area contributed by atoms with Crippen LogP contribution in [0, 0.1) is 0 Å². The van der Waals surface area contributed by atoms with Crippen molar-refractivity contribution in [1.29, 1.82) is 0 Å². The quantitative estimate of drug-likeness (QED) is 0.926. The van der Waals surface area contributed by atoms with Crippen LogP contribution in [0.2, 0.25) is 0 Å². The van der Waals surface area contributed by atoms with E-state index in [0.29, 0.717) is 6.54 Å². The van der Waals surface area contributed by atoms with E-state index in [4.69, 9.17) is 9.47 Å². The molecule has 1 unspecified atom stereocenters. The van der Waals surface area contributed by atoms with Gasteiger partial charge in [0.1, 0.15) is 11.4 Å². The van der Waals surface area contributed by atoms with E-state index >= 15 is 0 Å². The summed E-state index contributed by atoms with van der Waals surface area (Å²) in [4.78, 5) is 14.5.